The van der Waals surface area contributed by atoms with Crippen LogP contribution >= 0.6 is 0 Å². The Labute approximate surface area is 58.5 Å². The van der Waals surface area contributed by atoms with Gasteiger partial charge in [0.15, 0.2) is 0 Å². The summed E-state index contributed by atoms with van der Waals surface area (Å²) < 4.78 is 0. The van der Waals surface area contributed by atoms with Gasteiger partial charge in [-0.15, -0.1) is 6.58 Å². The quantitative estimate of drug-likeness (QED) is 0.414. The van der Waals surface area contributed by atoms with E-state index in [1.807, 2.05) is 0 Å². The predicted molar refractivity (Wildman–Crippen MR) is 35.4 cm³/mol. The number of hydrogen-bond acceptors (Lipinski definition) is 2. The molecule has 0 fully saturated rings. The second kappa shape index (κ2) is 3.66. The maximum absolute atomic E-state index is 10.4. The minimum Gasteiger partial charge on any atom is -0.474 e. The molecule has 0 radical (unpaired) electrons. The van der Waals surface area contributed by atoms with Gasteiger partial charge in [-0.05, 0) is 6.92 Å². The highest BCUT2D eigenvalue weighted by atomic mass is 16.4. The van der Waals surface area contributed by atoms with Crippen molar-refractivity contribution in [1.29, 1.82) is 0 Å². The number of carbonyl (C=O) groups is 2. The molecule has 1 unspecified atom stereocenters. The largest absolute Gasteiger partial charge is 0.474 e. The van der Waals surface area contributed by atoms with Crippen molar-refractivity contribution in [2.45, 2.75) is 13.0 Å². The molecule has 0 bridgehead atoms. The minimum atomic E-state index is -1.48. The SMILES string of the molecule is C=CC(C)NC(=O)C(=O)O. The van der Waals surface area contributed by atoms with Crippen LogP contribution in [0, 0.1) is 0 Å². The van der Waals surface area contributed by atoms with E-state index < -0.39 is 11.9 Å². The van der Waals surface area contributed by atoms with Gasteiger partial charge in [0, 0.05) is 6.04 Å². The zero-order chi connectivity index (χ0) is 8.15. The van der Waals surface area contributed by atoms with Crippen LogP contribution in [0.3, 0.4) is 0 Å². The molecule has 56 valence electrons. The molecule has 0 aromatic carbocycles. The van der Waals surface area contributed by atoms with Gasteiger partial charge >= 0.3 is 11.9 Å². The molecule has 0 aliphatic carbocycles. The van der Waals surface area contributed by atoms with Crippen molar-refractivity contribution < 1.29 is 14.7 Å². The zero-order valence-corrected chi connectivity index (χ0v) is 5.63. The summed E-state index contributed by atoms with van der Waals surface area (Å²) in [6, 6.07) is -0.302. The smallest absolute Gasteiger partial charge is 0.394 e. The highest BCUT2D eigenvalue weighted by Crippen LogP contribution is 1.80. The molecule has 1 atom stereocenters. The predicted octanol–water partition coefficient (Wildman–Crippen LogP) is -0.238. The van der Waals surface area contributed by atoms with Crippen molar-refractivity contribution in [2.24, 2.45) is 0 Å². The van der Waals surface area contributed by atoms with Crippen LogP contribution in [0.25, 0.3) is 0 Å². The van der Waals surface area contributed by atoms with Crippen molar-refractivity contribution >= 4 is 11.9 Å². The monoisotopic (exact) mass is 143 g/mol. The Balaban J connectivity index is 3.79. The Morgan fingerprint density at radius 1 is 1.70 bits per heavy atom. The number of amides is 1. The second-order valence-electron chi connectivity index (χ2n) is 1.80. The average Bonchev–Trinajstić information content (AvgIpc) is 1.87. The van der Waals surface area contributed by atoms with Gasteiger partial charge < -0.3 is 10.4 Å². The van der Waals surface area contributed by atoms with Gasteiger partial charge in [-0.3, -0.25) is 4.79 Å². The van der Waals surface area contributed by atoms with Gasteiger partial charge in [0.05, 0.1) is 0 Å². The lowest BCUT2D eigenvalue weighted by Crippen LogP contribution is -2.36. The molecule has 0 saturated carbocycles. The average molecular weight is 143 g/mol. The molecule has 0 rings (SSSR count). The Hall–Kier alpha value is -1.32. The Morgan fingerprint density at radius 2 is 2.20 bits per heavy atom. The second-order valence-corrected chi connectivity index (χ2v) is 1.80. The van der Waals surface area contributed by atoms with Crippen LogP contribution in [0.4, 0.5) is 0 Å². The van der Waals surface area contributed by atoms with Crippen LogP contribution in [0.15, 0.2) is 12.7 Å². The van der Waals surface area contributed by atoms with Crippen LogP contribution in [0.5, 0.6) is 0 Å². The van der Waals surface area contributed by atoms with E-state index in [1.165, 1.54) is 6.08 Å². The highest BCUT2D eigenvalue weighted by molar-refractivity contribution is 6.31. The van der Waals surface area contributed by atoms with Crippen molar-refractivity contribution in [3.05, 3.63) is 12.7 Å². The zero-order valence-electron chi connectivity index (χ0n) is 5.63. The van der Waals surface area contributed by atoms with Crippen molar-refractivity contribution in [3.8, 4) is 0 Å². The summed E-state index contributed by atoms with van der Waals surface area (Å²) >= 11 is 0. The summed E-state index contributed by atoms with van der Waals surface area (Å²) in [5, 5.41) is 10.3. The summed E-state index contributed by atoms with van der Waals surface area (Å²) in [5.41, 5.74) is 0. The van der Waals surface area contributed by atoms with Gasteiger partial charge in [0.25, 0.3) is 0 Å². The van der Waals surface area contributed by atoms with Gasteiger partial charge in [0.2, 0.25) is 0 Å². The highest BCUT2D eigenvalue weighted by Gasteiger charge is 2.11. The lowest BCUT2D eigenvalue weighted by Gasteiger charge is -2.04. The van der Waals surface area contributed by atoms with Gasteiger partial charge in [0.1, 0.15) is 0 Å². The topological polar surface area (TPSA) is 66.4 Å². The normalized spacial score (nSPS) is 11.7. The fraction of sp³-hybridized carbons (Fsp3) is 0.333. The lowest BCUT2D eigenvalue weighted by atomic mass is 10.3. The summed E-state index contributed by atoms with van der Waals surface area (Å²) in [7, 11) is 0. The van der Waals surface area contributed by atoms with E-state index in [2.05, 4.69) is 11.9 Å². The molecule has 0 heterocycles. The van der Waals surface area contributed by atoms with Crippen molar-refractivity contribution in [3.63, 3.8) is 0 Å². The van der Waals surface area contributed by atoms with E-state index in [9.17, 15) is 9.59 Å². The molecule has 0 saturated heterocycles. The summed E-state index contributed by atoms with van der Waals surface area (Å²) in [6.07, 6.45) is 1.45. The molecular weight excluding hydrogens is 134 g/mol. The number of aliphatic carboxylic acids is 1. The number of carboxylic acids is 1. The lowest BCUT2D eigenvalue weighted by molar-refractivity contribution is -0.150. The molecule has 0 aliphatic rings. The molecule has 0 aromatic heterocycles. The number of nitrogens with one attached hydrogen (secondary N) is 1. The van der Waals surface area contributed by atoms with Crippen LogP contribution in [-0.2, 0) is 9.59 Å². The van der Waals surface area contributed by atoms with E-state index >= 15 is 0 Å². The first-order valence-electron chi connectivity index (χ1n) is 2.74. The molecule has 2 N–H and O–H groups in total. The summed E-state index contributed by atoms with van der Waals surface area (Å²) in [5.74, 6) is -2.49. The third-order valence-electron chi connectivity index (χ3n) is 0.907. The Kier molecular flexibility index (Phi) is 3.17. The standard InChI is InChI=1S/C6H9NO3/c1-3-4(2)7-5(8)6(9)10/h3-4H,1H2,2H3,(H,7,8)(H,9,10). The Morgan fingerprint density at radius 3 is 2.50 bits per heavy atom. The first-order valence-corrected chi connectivity index (χ1v) is 2.74. The third-order valence-corrected chi connectivity index (χ3v) is 0.907. The maximum Gasteiger partial charge on any atom is 0.394 e. The number of rotatable bonds is 2. The molecule has 10 heavy (non-hydrogen) atoms. The molecule has 4 heteroatoms. The van der Waals surface area contributed by atoms with E-state index in [1.54, 1.807) is 6.92 Å². The van der Waals surface area contributed by atoms with Crippen LogP contribution in [-0.4, -0.2) is 23.0 Å². The molecule has 4 nitrogen and oxygen atoms in total. The number of carbonyl (C=O) groups excluding carboxylic acids is 1. The van der Waals surface area contributed by atoms with Crippen molar-refractivity contribution in [2.75, 3.05) is 0 Å². The Bertz CT molecular complexity index is 164. The maximum atomic E-state index is 10.4. The first-order chi connectivity index (χ1) is 4.57. The van der Waals surface area contributed by atoms with E-state index in [0.717, 1.165) is 0 Å². The van der Waals surface area contributed by atoms with E-state index in [4.69, 9.17) is 5.11 Å². The third kappa shape index (κ3) is 2.86. The fourth-order valence-electron chi connectivity index (χ4n) is 0.327. The number of hydrogen-bond donors (Lipinski definition) is 2. The van der Waals surface area contributed by atoms with Crippen molar-refractivity contribution in [1.82, 2.24) is 5.32 Å². The minimum absolute atomic E-state index is 0.302. The molecular formula is C6H9NO3. The van der Waals surface area contributed by atoms with Crippen LogP contribution in [0.1, 0.15) is 6.92 Å². The molecule has 0 aromatic rings. The van der Waals surface area contributed by atoms with E-state index in [-0.39, 0.29) is 6.04 Å². The molecule has 0 spiro atoms. The number of carboxylic acid groups (broad SMARTS) is 1. The van der Waals surface area contributed by atoms with Gasteiger partial charge in [-0.2, -0.15) is 0 Å². The summed E-state index contributed by atoms with van der Waals surface area (Å²) in [4.78, 5) is 20.3. The van der Waals surface area contributed by atoms with Crippen LogP contribution in [0.2, 0.25) is 0 Å². The van der Waals surface area contributed by atoms with E-state index in [0.29, 0.717) is 0 Å². The fourth-order valence-corrected chi connectivity index (χ4v) is 0.327. The first kappa shape index (κ1) is 8.68. The van der Waals surface area contributed by atoms with Gasteiger partial charge in [-0.1, -0.05) is 6.08 Å². The molecule has 1 amide bonds. The summed E-state index contributed by atoms with van der Waals surface area (Å²) in [6.45, 7) is 5.00. The molecule has 0 aliphatic heterocycles. The van der Waals surface area contributed by atoms with Gasteiger partial charge in [-0.25, -0.2) is 4.79 Å². The van der Waals surface area contributed by atoms with Crippen LogP contribution < -0.4 is 5.32 Å².